The lowest BCUT2D eigenvalue weighted by molar-refractivity contribution is -0.390. The van der Waals surface area contributed by atoms with Crippen molar-refractivity contribution in [2.75, 3.05) is 5.73 Å². The smallest absolute Gasteiger partial charge is 0.406 e. The molecule has 2 N–H and O–H groups in total. The first-order chi connectivity index (χ1) is 8.66. The molecule has 0 aliphatic heterocycles. The van der Waals surface area contributed by atoms with Crippen LogP contribution in [0.15, 0.2) is 30.7 Å². The van der Waals surface area contributed by atoms with Crippen molar-refractivity contribution in [2.45, 2.75) is 6.61 Å². The van der Waals surface area contributed by atoms with Crippen LogP contribution < -0.4 is 10.5 Å². The third-order valence-corrected chi connectivity index (χ3v) is 2.02. The van der Waals surface area contributed by atoms with Crippen LogP contribution in [0.25, 0.3) is 0 Å². The number of pyridine rings is 1. The van der Waals surface area contributed by atoms with E-state index in [9.17, 15) is 10.1 Å². The summed E-state index contributed by atoms with van der Waals surface area (Å²) in [6.45, 7) is 0.0554. The van der Waals surface area contributed by atoms with Gasteiger partial charge in [0.25, 0.3) is 0 Å². The molecule has 8 nitrogen and oxygen atoms in total. The number of hydrogen-bond acceptors (Lipinski definition) is 7. The molecule has 92 valence electrons. The summed E-state index contributed by atoms with van der Waals surface area (Å²) in [6.07, 6.45) is 4.15. The van der Waals surface area contributed by atoms with Crippen LogP contribution >= 0.6 is 0 Å². The number of nitro groups is 1. The molecule has 0 bridgehead atoms. The number of nitrogen functional groups attached to an aromatic ring is 1. The van der Waals surface area contributed by atoms with Crippen molar-refractivity contribution in [3.05, 3.63) is 46.5 Å². The maximum Gasteiger partial charge on any atom is 0.406 e. The Morgan fingerprint density at radius 2 is 2.17 bits per heavy atom. The van der Waals surface area contributed by atoms with Gasteiger partial charge in [0.05, 0.1) is 18.1 Å². The standard InChI is InChI=1S/C10H9N5O3/c11-9-5-13-7(4-14-9)6-18-8-2-1-3-12-10(8)15(16)17/h1-5H,6H2,(H2,11,14). The Morgan fingerprint density at radius 1 is 1.33 bits per heavy atom. The summed E-state index contributed by atoms with van der Waals surface area (Å²) in [5.41, 5.74) is 5.90. The molecule has 0 aliphatic rings. The molecule has 0 fully saturated rings. The largest absolute Gasteiger partial charge is 0.479 e. The van der Waals surface area contributed by atoms with Crippen LogP contribution in [0.3, 0.4) is 0 Å². The van der Waals surface area contributed by atoms with Crippen molar-refractivity contribution >= 4 is 11.6 Å². The second kappa shape index (κ2) is 5.04. The van der Waals surface area contributed by atoms with Gasteiger partial charge in [0.1, 0.15) is 18.6 Å². The molecule has 0 atom stereocenters. The number of nitrogens with two attached hydrogens (primary N) is 1. The van der Waals surface area contributed by atoms with E-state index in [1.807, 2.05) is 0 Å². The topological polar surface area (TPSA) is 117 Å². The van der Waals surface area contributed by atoms with Gasteiger partial charge < -0.3 is 20.6 Å². The second-order valence-electron chi connectivity index (χ2n) is 3.30. The molecule has 0 aromatic carbocycles. The number of ether oxygens (including phenoxy) is 1. The summed E-state index contributed by atoms with van der Waals surface area (Å²) in [5, 5.41) is 10.7. The van der Waals surface area contributed by atoms with Crippen molar-refractivity contribution in [3.8, 4) is 5.75 Å². The highest BCUT2D eigenvalue weighted by molar-refractivity contribution is 5.38. The zero-order valence-electron chi connectivity index (χ0n) is 9.18. The van der Waals surface area contributed by atoms with Crippen LogP contribution in [0.4, 0.5) is 11.6 Å². The van der Waals surface area contributed by atoms with Crippen LogP contribution in [0.1, 0.15) is 5.69 Å². The lowest BCUT2D eigenvalue weighted by atomic mass is 10.4. The maximum atomic E-state index is 10.7. The van der Waals surface area contributed by atoms with E-state index in [0.29, 0.717) is 11.5 Å². The first-order valence-electron chi connectivity index (χ1n) is 4.95. The molecule has 18 heavy (non-hydrogen) atoms. The Bertz CT molecular complexity index is 558. The first-order valence-corrected chi connectivity index (χ1v) is 4.95. The van der Waals surface area contributed by atoms with Gasteiger partial charge in [0, 0.05) is 0 Å². The van der Waals surface area contributed by atoms with E-state index in [0.717, 1.165) is 0 Å². The highest BCUT2D eigenvalue weighted by atomic mass is 16.6. The van der Waals surface area contributed by atoms with Gasteiger partial charge in [-0.3, -0.25) is 4.98 Å². The minimum absolute atomic E-state index is 0.0554. The van der Waals surface area contributed by atoms with Crippen LogP contribution in [0.2, 0.25) is 0 Å². The van der Waals surface area contributed by atoms with Crippen molar-refractivity contribution in [1.82, 2.24) is 15.0 Å². The predicted molar refractivity (Wildman–Crippen MR) is 61.7 cm³/mol. The molecule has 0 aliphatic carbocycles. The fourth-order valence-corrected chi connectivity index (χ4v) is 1.22. The summed E-state index contributed by atoms with van der Waals surface area (Å²) >= 11 is 0. The number of hydrogen-bond donors (Lipinski definition) is 1. The Kier molecular flexibility index (Phi) is 3.28. The summed E-state index contributed by atoms with van der Waals surface area (Å²) in [5.74, 6) is 0.0492. The Labute approximate surface area is 102 Å². The quantitative estimate of drug-likeness (QED) is 0.630. The molecule has 2 heterocycles. The maximum absolute atomic E-state index is 10.7. The Morgan fingerprint density at radius 3 is 2.83 bits per heavy atom. The fraction of sp³-hybridized carbons (Fsp3) is 0.100. The van der Waals surface area contributed by atoms with Crippen molar-refractivity contribution in [3.63, 3.8) is 0 Å². The van der Waals surface area contributed by atoms with Crippen molar-refractivity contribution in [2.24, 2.45) is 0 Å². The van der Waals surface area contributed by atoms with E-state index < -0.39 is 4.92 Å². The Hall–Kier alpha value is -2.77. The van der Waals surface area contributed by atoms with Gasteiger partial charge in [-0.2, -0.15) is 0 Å². The summed E-state index contributed by atoms with van der Waals surface area (Å²) < 4.78 is 5.28. The molecular weight excluding hydrogens is 238 g/mol. The second-order valence-corrected chi connectivity index (χ2v) is 3.30. The SMILES string of the molecule is Nc1cnc(COc2cccnc2[N+](=O)[O-])cn1. The third-order valence-electron chi connectivity index (χ3n) is 2.02. The summed E-state index contributed by atoms with van der Waals surface area (Å²) in [4.78, 5) is 21.5. The monoisotopic (exact) mass is 247 g/mol. The van der Waals surface area contributed by atoms with Crippen LogP contribution in [0.5, 0.6) is 5.75 Å². The van der Waals surface area contributed by atoms with Crippen LogP contribution in [-0.2, 0) is 6.61 Å². The minimum Gasteiger partial charge on any atom is -0.479 e. The predicted octanol–water partition coefficient (Wildman–Crippen LogP) is 0.941. The molecule has 2 aromatic heterocycles. The average molecular weight is 247 g/mol. The van der Waals surface area contributed by atoms with Crippen molar-refractivity contribution in [1.29, 1.82) is 0 Å². The van der Waals surface area contributed by atoms with Gasteiger partial charge in [0.15, 0.2) is 0 Å². The molecular formula is C10H9N5O3. The van der Waals surface area contributed by atoms with Gasteiger partial charge in [-0.15, -0.1) is 0 Å². The summed E-state index contributed by atoms with van der Waals surface area (Å²) in [6, 6.07) is 3.02. The Balaban J connectivity index is 2.10. The van der Waals surface area contributed by atoms with E-state index in [1.54, 1.807) is 6.07 Å². The third kappa shape index (κ3) is 2.67. The molecule has 0 saturated carbocycles. The summed E-state index contributed by atoms with van der Waals surface area (Å²) in [7, 11) is 0. The normalized spacial score (nSPS) is 10.0. The number of aromatic nitrogens is 3. The van der Waals surface area contributed by atoms with Gasteiger partial charge in [-0.05, 0) is 22.0 Å². The molecule has 2 rings (SSSR count). The fourth-order valence-electron chi connectivity index (χ4n) is 1.22. The van der Waals surface area contributed by atoms with Crippen LogP contribution in [-0.4, -0.2) is 19.9 Å². The van der Waals surface area contributed by atoms with Gasteiger partial charge >= 0.3 is 5.82 Å². The first kappa shape index (κ1) is 11.7. The van der Waals surface area contributed by atoms with E-state index in [2.05, 4.69) is 15.0 Å². The lowest BCUT2D eigenvalue weighted by Gasteiger charge is -2.05. The van der Waals surface area contributed by atoms with E-state index in [-0.39, 0.29) is 18.2 Å². The number of nitrogens with zero attached hydrogens (tertiary/aromatic N) is 4. The number of rotatable bonds is 4. The highest BCUT2D eigenvalue weighted by Crippen LogP contribution is 2.23. The zero-order valence-corrected chi connectivity index (χ0v) is 9.18. The molecule has 8 heteroatoms. The van der Waals surface area contributed by atoms with Gasteiger partial charge in [-0.25, -0.2) is 4.98 Å². The van der Waals surface area contributed by atoms with E-state index in [1.165, 1.54) is 24.7 Å². The molecule has 0 amide bonds. The van der Waals surface area contributed by atoms with E-state index in [4.69, 9.17) is 10.5 Å². The molecule has 0 radical (unpaired) electrons. The lowest BCUT2D eigenvalue weighted by Crippen LogP contribution is -2.03. The van der Waals surface area contributed by atoms with Crippen molar-refractivity contribution < 1.29 is 9.66 Å². The van der Waals surface area contributed by atoms with E-state index >= 15 is 0 Å². The number of anilines is 1. The van der Waals surface area contributed by atoms with Gasteiger partial charge in [-0.1, -0.05) is 0 Å². The minimum atomic E-state index is -0.607. The van der Waals surface area contributed by atoms with Crippen LogP contribution in [0, 0.1) is 10.1 Å². The average Bonchev–Trinajstić information content (AvgIpc) is 2.38. The molecule has 0 unspecified atom stereocenters. The highest BCUT2D eigenvalue weighted by Gasteiger charge is 2.15. The molecule has 0 saturated heterocycles. The molecule has 2 aromatic rings. The zero-order chi connectivity index (χ0) is 13.0. The molecule has 0 spiro atoms. The van der Waals surface area contributed by atoms with Gasteiger partial charge in [0.2, 0.25) is 5.75 Å².